The van der Waals surface area contributed by atoms with Crippen LogP contribution in [-0.4, -0.2) is 41.5 Å². The van der Waals surface area contributed by atoms with Gasteiger partial charge in [-0.3, -0.25) is 9.59 Å². The number of rotatable bonds is 9. The Hall–Kier alpha value is -3.58. The lowest BCUT2D eigenvalue weighted by Gasteiger charge is -2.27. The van der Waals surface area contributed by atoms with E-state index in [4.69, 9.17) is 9.47 Å². The molecule has 2 heterocycles. The molecule has 4 rings (SSSR count). The lowest BCUT2D eigenvalue weighted by atomic mass is 9.86. The van der Waals surface area contributed by atoms with E-state index in [1.807, 2.05) is 60.0 Å². The van der Waals surface area contributed by atoms with Crippen LogP contribution >= 0.6 is 11.3 Å². The Morgan fingerprint density at radius 2 is 1.75 bits per heavy atom. The second-order valence-corrected chi connectivity index (χ2v) is 10.9. The molecular formula is C29H32N2O4S. The van der Waals surface area contributed by atoms with Gasteiger partial charge in [-0.05, 0) is 52.3 Å². The van der Waals surface area contributed by atoms with E-state index in [1.165, 1.54) is 0 Å². The number of hydrogen-bond donors (Lipinski definition) is 0. The molecule has 0 bridgehead atoms. The summed E-state index contributed by atoms with van der Waals surface area (Å²) >= 11 is 1.60. The summed E-state index contributed by atoms with van der Waals surface area (Å²) in [6.45, 7) is 11.5. The molecule has 0 fully saturated rings. The lowest BCUT2D eigenvalue weighted by Crippen LogP contribution is -2.42. The van der Waals surface area contributed by atoms with Crippen LogP contribution in [0.3, 0.4) is 0 Å². The lowest BCUT2D eigenvalue weighted by molar-refractivity contribution is -0.133. The largest absolute Gasteiger partial charge is 0.454 e. The van der Waals surface area contributed by atoms with E-state index in [-0.39, 0.29) is 37.1 Å². The maximum atomic E-state index is 13.6. The smallest absolute Gasteiger partial charge is 0.254 e. The number of nitrogens with zero attached hydrogens (tertiary/aromatic N) is 2. The summed E-state index contributed by atoms with van der Waals surface area (Å²) in [4.78, 5) is 31.3. The molecule has 1 aliphatic heterocycles. The van der Waals surface area contributed by atoms with Gasteiger partial charge in [-0.2, -0.15) is 0 Å². The van der Waals surface area contributed by atoms with Gasteiger partial charge in [-0.25, -0.2) is 0 Å². The van der Waals surface area contributed by atoms with Crippen molar-refractivity contribution in [3.05, 3.63) is 94.2 Å². The van der Waals surface area contributed by atoms with Crippen LogP contribution in [0.25, 0.3) is 0 Å². The first-order valence-corrected chi connectivity index (χ1v) is 12.8. The predicted molar refractivity (Wildman–Crippen MR) is 142 cm³/mol. The van der Waals surface area contributed by atoms with Gasteiger partial charge in [0.1, 0.15) is 6.54 Å². The van der Waals surface area contributed by atoms with Crippen molar-refractivity contribution in [1.29, 1.82) is 0 Å². The number of thiophene rings is 1. The number of ether oxygens (including phenoxy) is 2. The average molecular weight is 505 g/mol. The number of hydrogen-bond acceptors (Lipinski definition) is 5. The molecular weight excluding hydrogens is 472 g/mol. The standard InChI is InChI=1S/C29H32N2O4S/c1-5-14-30(28(33)22-9-11-23(12-10-22)29(2,3)4)19-27(32)31(18-24-7-6-15-36-24)17-21-8-13-25-26(16-21)35-20-34-25/h5-13,15-16H,1,14,17-20H2,2-4H3. The topological polar surface area (TPSA) is 59.1 Å². The number of carbonyl (C=O) groups excluding carboxylic acids is 2. The number of amides is 2. The first-order valence-electron chi connectivity index (χ1n) is 11.9. The van der Waals surface area contributed by atoms with Crippen LogP contribution in [0.4, 0.5) is 0 Å². The molecule has 36 heavy (non-hydrogen) atoms. The van der Waals surface area contributed by atoms with Crippen LogP contribution in [0, 0.1) is 0 Å². The van der Waals surface area contributed by atoms with Crippen molar-refractivity contribution in [3.8, 4) is 11.5 Å². The SMILES string of the molecule is C=CCN(CC(=O)N(Cc1ccc2c(c1)OCO2)Cc1cccs1)C(=O)c1ccc(C(C)(C)C)cc1. The third-order valence-electron chi connectivity index (χ3n) is 6.05. The maximum absolute atomic E-state index is 13.6. The van der Waals surface area contributed by atoms with Gasteiger partial charge in [0, 0.05) is 23.5 Å². The van der Waals surface area contributed by atoms with Gasteiger partial charge < -0.3 is 19.3 Å². The first kappa shape index (κ1) is 25.5. The third-order valence-corrected chi connectivity index (χ3v) is 6.91. The summed E-state index contributed by atoms with van der Waals surface area (Å²) in [6.07, 6.45) is 1.65. The van der Waals surface area contributed by atoms with Crippen LogP contribution in [-0.2, 0) is 23.3 Å². The van der Waals surface area contributed by atoms with E-state index >= 15 is 0 Å². The van der Waals surface area contributed by atoms with Gasteiger partial charge in [0.25, 0.3) is 5.91 Å². The quantitative estimate of drug-likeness (QED) is 0.354. The molecule has 1 aliphatic rings. The van der Waals surface area contributed by atoms with E-state index in [1.54, 1.807) is 27.2 Å². The van der Waals surface area contributed by atoms with Crippen molar-refractivity contribution in [2.75, 3.05) is 19.9 Å². The monoisotopic (exact) mass is 504 g/mol. The van der Waals surface area contributed by atoms with Gasteiger partial charge in [-0.15, -0.1) is 17.9 Å². The van der Waals surface area contributed by atoms with E-state index in [9.17, 15) is 9.59 Å². The fraction of sp³-hybridized carbons (Fsp3) is 0.310. The van der Waals surface area contributed by atoms with Crippen LogP contribution in [0.15, 0.2) is 72.6 Å². The van der Waals surface area contributed by atoms with Gasteiger partial charge in [0.15, 0.2) is 11.5 Å². The number of benzene rings is 2. The van der Waals surface area contributed by atoms with Gasteiger partial charge in [0.05, 0.1) is 6.54 Å². The van der Waals surface area contributed by atoms with Crippen molar-refractivity contribution in [3.63, 3.8) is 0 Å². The molecule has 0 saturated carbocycles. The highest BCUT2D eigenvalue weighted by atomic mass is 32.1. The van der Waals surface area contributed by atoms with Crippen molar-refractivity contribution in [2.45, 2.75) is 39.3 Å². The van der Waals surface area contributed by atoms with Gasteiger partial charge in [0.2, 0.25) is 12.7 Å². The highest BCUT2D eigenvalue weighted by Crippen LogP contribution is 2.33. The molecule has 6 nitrogen and oxygen atoms in total. The molecule has 0 saturated heterocycles. The van der Waals surface area contributed by atoms with E-state index in [2.05, 4.69) is 27.4 Å². The molecule has 0 atom stereocenters. The van der Waals surface area contributed by atoms with Crippen molar-refractivity contribution < 1.29 is 19.1 Å². The minimum Gasteiger partial charge on any atom is -0.454 e. The molecule has 1 aromatic heterocycles. The van der Waals surface area contributed by atoms with Crippen LogP contribution < -0.4 is 9.47 Å². The Balaban J connectivity index is 1.52. The first-order chi connectivity index (χ1) is 17.2. The van der Waals surface area contributed by atoms with Gasteiger partial charge >= 0.3 is 0 Å². The van der Waals surface area contributed by atoms with Crippen molar-refractivity contribution in [1.82, 2.24) is 9.80 Å². The summed E-state index contributed by atoms with van der Waals surface area (Å²) in [5.74, 6) is 1.05. The summed E-state index contributed by atoms with van der Waals surface area (Å²) in [5.41, 5.74) is 2.63. The molecule has 0 aliphatic carbocycles. The normalized spacial score (nSPS) is 12.3. The Morgan fingerprint density at radius 3 is 2.42 bits per heavy atom. The number of fused-ring (bicyclic) bond motifs is 1. The van der Waals surface area contributed by atoms with Crippen LogP contribution in [0.2, 0.25) is 0 Å². The Kier molecular flexibility index (Phi) is 7.79. The summed E-state index contributed by atoms with van der Waals surface area (Å²) in [7, 11) is 0. The second-order valence-electron chi connectivity index (χ2n) is 9.82. The zero-order valence-corrected chi connectivity index (χ0v) is 21.8. The summed E-state index contributed by atoms with van der Waals surface area (Å²) < 4.78 is 10.9. The Morgan fingerprint density at radius 1 is 1.00 bits per heavy atom. The zero-order valence-electron chi connectivity index (χ0n) is 21.0. The van der Waals surface area contributed by atoms with E-state index in [0.29, 0.717) is 30.2 Å². The summed E-state index contributed by atoms with van der Waals surface area (Å²) in [6, 6.07) is 17.3. The van der Waals surface area contributed by atoms with Crippen LogP contribution in [0.1, 0.15) is 47.1 Å². The molecule has 7 heteroatoms. The predicted octanol–water partition coefficient (Wildman–Crippen LogP) is 5.63. The highest BCUT2D eigenvalue weighted by Gasteiger charge is 2.24. The molecule has 188 valence electrons. The minimum absolute atomic E-state index is 0.00460. The molecule has 2 amide bonds. The Labute approximate surface area is 216 Å². The van der Waals surface area contributed by atoms with Crippen LogP contribution in [0.5, 0.6) is 11.5 Å². The van der Waals surface area contributed by atoms with E-state index in [0.717, 1.165) is 16.0 Å². The molecule has 0 unspecified atom stereocenters. The number of carbonyl (C=O) groups is 2. The maximum Gasteiger partial charge on any atom is 0.254 e. The molecule has 0 spiro atoms. The summed E-state index contributed by atoms with van der Waals surface area (Å²) in [5, 5.41) is 1.99. The second kappa shape index (κ2) is 11.0. The van der Waals surface area contributed by atoms with Crippen molar-refractivity contribution in [2.24, 2.45) is 0 Å². The van der Waals surface area contributed by atoms with E-state index < -0.39 is 0 Å². The zero-order chi connectivity index (χ0) is 25.7. The van der Waals surface area contributed by atoms with Gasteiger partial charge in [-0.1, -0.05) is 51.1 Å². The fourth-order valence-electron chi connectivity index (χ4n) is 4.02. The highest BCUT2D eigenvalue weighted by molar-refractivity contribution is 7.09. The molecule has 2 aromatic carbocycles. The van der Waals surface area contributed by atoms with Crippen molar-refractivity contribution >= 4 is 23.2 Å². The Bertz CT molecular complexity index is 1210. The molecule has 0 radical (unpaired) electrons. The minimum atomic E-state index is -0.192. The average Bonchev–Trinajstić information content (AvgIpc) is 3.54. The third kappa shape index (κ3) is 6.15. The fourth-order valence-corrected chi connectivity index (χ4v) is 4.74. The molecule has 0 N–H and O–H groups in total. The molecule has 3 aromatic rings.